The van der Waals surface area contributed by atoms with E-state index in [2.05, 4.69) is 25.7 Å². The lowest BCUT2D eigenvalue weighted by Crippen LogP contribution is -2.62. The minimum Gasteiger partial charge on any atom is -0.463 e. The van der Waals surface area contributed by atoms with Gasteiger partial charge in [0.15, 0.2) is 0 Å². The number of piperidine rings is 2. The van der Waals surface area contributed by atoms with Gasteiger partial charge in [0.2, 0.25) is 0 Å². The maximum absolute atomic E-state index is 12.6. The van der Waals surface area contributed by atoms with E-state index >= 15 is 0 Å². The van der Waals surface area contributed by atoms with Crippen LogP contribution in [0.25, 0.3) is 0 Å². The zero-order valence-corrected chi connectivity index (χ0v) is 23.7. The highest BCUT2D eigenvalue weighted by Crippen LogP contribution is 2.68. The zero-order valence-electron chi connectivity index (χ0n) is 23.7. The van der Waals surface area contributed by atoms with Crippen molar-refractivity contribution in [2.75, 3.05) is 13.1 Å². The van der Waals surface area contributed by atoms with Gasteiger partial charge in [-0.05, 0) is 105 Å². The van der Waals surface area contributed by atoms with Gasteiger partial charge in [-0.1, -0.05) is 20.8 Å². The van der Waals surface area contributed by atoms with Crippen LogP contribution in [-0.2, 0) is 19.1 Å². The van der Waals surface area contributed by atoms with Crippen molar-refractivity contribution >= 4 is 11.9 Å². The summed E-state index contributed by atoms with van der Waals surface area (Å²) in [5.74, 6) is 3.41. The molecule has 4 saturated carbocycles. The second-order valence-corrected chi connectivity index (χ2v) is 14.5. The van der Waals surface area contributed by atoms with Crippen LogP contribution in [0.15, 0.2) is 0 Å². The van der Waals surface area contributed by atoms with Crippen LogP contribution in [0.4, 0.5) is 0 Å². The molecule has 2 saturated heterocycles. The molecule has 13 atom stereocenters. The van der Waals surface area contributed by atoms with Crippen molar-refractivity contribution in [2.45, 2.75) is 116 Å². The third-order valence-corrected chi connectivity index (χ3v) is 12.7. The Morgan fingerprint density at radius 1 is 0.811 bits per heavy atom. The molecule has 0 spiro atoms. The van der Waals surface area contributed by atoms with Gasteiger partial charge in [0, 0.05) is 38.9 Å². The quantitative estimate of drug-likeness (QED) is 0.532. The van der Waals surface area contributed by atoms with Gasteiger partial charge in [-0.3, -0.25) is 14.5 Å². The summed E-state index contributed by atoms with van der Waals surface area (Å²) >= 11 is 0. The van der Waals surface area contributed by atoms with Gasteiger partial charge in [-0.25, -0.2) is 0 Å². The van der Waals surface area contributed by atoms with Crippen molar-refractivity contribution in [1.29, 1.82) is 0 Å². The molecule has 0 aromatic carbocycles. The van der Waals surface area contributed by atoms with Crippen LogP contribution in [0.5, 0.6) is 0 Å². The lowest BCUT2D eigenvalue weighted by molar-refractivity contribution is -0.195. The largest absolute Gasteiger partial charge is 0.463 e. The van der Waals surface area contributed by atoms with E-state index in [0.717, 1.165) is 63.5 Å². The Morgan fingerprint density at radius 2 is 1.57 bits per heavy atom. The highest BCUT2D eigenvalue weighted by atomic mass is 16.5. The molecule has 6 heteroatoms. The van der Waals surface area contributed by atoms with Crippen LogP contribution >= 0.6 is 0 Å². The Labute approximate surface area is 223 Å². The molecule has 6 nitrogen and oxygen atoms in total. The van der Waals surface area contributed by atoms with Gasteiger partial charge in [-0.2, -0.15) is 0 Å². The first kappa shape index (κ1) is 26.1. The van der Waals surface area contributed by atoms with Crippen molar-refractivity contribution < 1.29 is 24.2 Å². The van der Waals surface area contributed by atoms with Crippen LogP contribution < -0.4 is 0 Å². The van der Waals surface area contributed by atoms with Crippen molar-refractivity contribution in [3.8, 4) is 0 Å². The smallest absolute Gasteiger partial charge is 0.302 e. The molecule has 4 unspecified atom stereocenters. The summed E-state index contributed by atoms with van der Waals surface area (Å²) in [6, 6.07) is 0.721. The second-order valence-electron chi connectivity index (χ2n) is 14.5. The van der Waals surface area contributed by atoms with Gasteiger partial charge in [-0.15, -0.1) is 0 Å². The van der Waals surface area contributed by atoms with E-state index in [0.29, 0.717) is 29.6 Å². The van der Waals surface area contributed by atoms with Crippen LogP contribution in [0.1, 0.15) is 92.4 Å². The number of aliphatic hydroxyl groups is 1. The minimum atomic E-state index is -0.654. The first-order chi connectivity index (χ1) is 17.5. The fraction of sp³-hybridized carbons (Fsp3) is 0.935. The van der Waals surface area contributed by atoms with Gasteiger partial charge in [0.1, 0.15) is 12.2 Å². The molecule has 6 rings (SSSR count). The standard InChI is InChI=1S/C31H49NO5/c1-17-6-7-28-18(2)22-9-11-31(35)24(23(22)16-32(28)15-17)13-25-26(31)14-29(37-20(4)34)27-12-21(36-19(3)33)8-10-30(25,27)5/h17-18,21-29,35H,6-16H2,1-5H3/t17-,18-,21-,22?,23?,24+,25?,26?,27-,28+,29-,30-,31+/m1/s1. The Morgan fingerprint density at radius 3 is 2.30 bits per heavy atom. The number of hydrogen-bond acceptors (Lipinski definition) is 6. The van der Waals surface area contributed by atoms with Crippen LogP contribution in [0, 0.1) is 52.8 Å². The molecule has 4 aliphatic carbocycles. The second kappa shape index (κ2) is 9.21. The normalized spacial score (nSPS) is 53.1. The summed E-state index contributed by atoms with van der Waals surface area (Å²) in [7, 11) is 0. The van der Waals surface area contributed by atoms with E-state index in [1.165, 1.54) is 33.2 Å². The Hall–Kier alpha value is -1.14. The van der Waals surface area contributed by atoms with E-state index in [4.69, 9.17) is 9.47 Å². The van der Waals surface area contributed by atoms with Crippen molar-refractivity contribution in [2.24, 2.45) is 52.8 Å². The van der Waals surface area contributed by atoms with Gasteiger partial charge < -0.3 is 14.6 Å². The average Bonchev–Trinajstić information content (AvgIpc) is 3.13. The molecule has 6 aliphatic rings. The number of hydrogen-bond donors (Lipinski definition) is 1. The van der Waals surface area contributed by atoms with Crippen LogP contribution in [-0.4, -0.2) is 58.9 Å². The first-order valence-corrected chi connectivity index (χ1v) is 15.3. The maximum atomic E-state index is 12.6. The van der Waals surface area contributed by atoms with Crippen LogP contribution in [0.3, 0.4) is 0 Å². The summed E-state index contributed by atoms with van der Waals surface area (Å²) < 4.78 is 11.7. The number of fused-ring (bicyclic) bond motifs is 8. The van der Waals surface area contributed by atoms with Gasteiger partial charge in [0.05, 0.1) is 5.60 Å². The Kier molecular flexibility index (Phi) is 6.50. The van der Waals surface area contributed by atoms with E-state index in [1.54, 1.807) is 0 Å². The van der Waals surface area contributed by atoms with E-state index < -0.39 is 5.60 Å². The fourth-order valence-electron chi connectivity index (χ4n) is 11.2. The average molecular weight is 516 g/mol. The molecule has 0 aromatic heterocycles. The number of esters is 2. The molecule has 2 aliphatic heterocycles. The number of carbonyl (C=O) groups is 2. The number of nitrogens with zero attached hydrogens (tertiary/aromatic N) is 1. The van der Waals surface area contributed by atoms with E-state index in [-0.39, 0.29) is 41.4 Å². The molecular formula is C31H49NO5. The molecule has 1 N–H and O–H groups in total. The predicted molar refractivity (Wildman–Crippen MR) is 140 cm³/mol. The first-order valence-electron chi connectivity index (χ1n) is 15.3. The fourth-order valence-corrected chi connectivity index (χ4v) is 11.2. The molecule has 0 aromatic rings. The number of rotatable bonds is 2. The molecule has 208 valence electrons. The molecule has 0 amide bonds. The van der Waals surface area contributed by atoms with Crippen LogP contribution in [0.2, 0.25) is 0 Å². The summed E-state index contributed by atoms with van der Waals surface area (Å²) in [6.45, 7) is 12.7. The highest BCUT2D eigenvalue weighted by Gasteiger charge is 2.68. The van der Waals surface area contributed by atoms with E-state index in [9.17, 15) is 14.7 Å². The number of ether oxygens (including phenoxy) is 2. The SMILES string of the molecule is CC(=O)O[C@@H]1CC[C@]2(C)C3C[C@H]4C5CN6C[C@H](C)CC[C@H]6[C@H](C)C5CC[C@@]4(O)C3C[C@@H](OC(C)=O)[C@H]2C1. The minimum absolute atomic E-state index is 0.00922. The molecule has 2 heterocycles. The maximum Gasteiger partial charge on any atom is 0.302 e. The predicted octanol–water partition coefficient (Wildman–Crippen LogP) is 4.82. The third-order valence-electron chi connectivity index (χ3n) is 12.7. The van der Waals surface area contributed by atoms with Gasteiger partial charge >= 0.3 is 11.9 Å². The summed E-state index contributed by atoms with van der Waals surface area (Å²) in [5.41, 5.74) is -0.663. The lowest BCUT2D eigenvalue weighted by atomic mass is 9.50. The summed E-state index contributed by atoms with van der Waals surface area (Å²) in [4.78, 5) is 26.8. The molecular weight excluding hydrogens is 466 g/mol. The summed E-state index contributed by atoms with van der Waals surface area (Å²) in [6.07, 6.45) is 8.85. The zero-order chi connectivity index (χ0) is 26.3. The summed E-state index contributed by atoms with van der Waals surface area (Å²) in [5, 5.41) is 12.6. The van der Waals surface area contributed by atoms with Crippen molar-refractivity contribution in [3.05, 3.63) is 0 Å². The van der Waals surface area contributed by atoms with E-state index in [1.807, 2.05) is 0 Å². The van der Waals surface area contributed by atoms with Gasteiger partial charge in [0.25, 0.3) is 0 Å². The monoisotopic (exact) mass is 515 g/mol. The molecule has 6 fully saturated rings. The topological polar surface area (TPSA) is 76.1 Å². The Bertz CT molecular complexity index is 921. The van der Waals surface area contributed by atoms with Crippen molar-refractivity contribution in [1.82, 2.24) is 4.90 Å². The van der Waals surface area contributed by atoms with Crippen molar-refractivity contribution in [3.63, 3.8) is 0 Å². The highest BCUT2D eigenvalue weighted by molar-refractivity contribution is 5.66. The lowest BCUT2D eigenvalue weighted by Gasteiger charge is -2.59. The molecule has 0 radical (unpaired) electrons. The Balaban J connectivity index is 1.30. The molecule has 37 heavy (non-hydrogen) atoms. The number of carbonyl (C=O) groups excluding carboxylic acids is 2. The third kappa shape index (κ3) is 4.10. The molecule has 0 bridgehead atoms.